The Labute approximate surface area is 564 Å². The number of nitrogens with zero attached hydrogens (tertiary/aromatic N) is 6. The number of alkyl halides is 8. The Morgan fingerprint density at radius 2 is 1.46 bits per heavy atom. The number of amides is 3. The Morgan fingerprint density at radius 1 is 0.848 bits per heavy atom. The summed E-state index contributed by atoms with van der Waals surface area (Å²) in [5.74, 6) is -13.1. The minimum absolute atomic E-state index is 0.0143. The van der Waals surface area contributed by atoms with E-state index in [0.717, 1.165) is 42.7 Å². The summed E-state index contributed by atoms with van der Waals surface area (Å²) < 4.78 is 235. The van der Waals surface area contributed by atoms with Gasteiger partial charge in [0.25, 0.3) is 5.92 Å². The summed E-state index contributed by atoms with van der Waals surface area (Å²) in [7, 11) is -13.9. The number of hydrogen-bond acceptors (Lipinski definition) is 16. The largest absolute Gasteiger partial charge is 0.530 e. The molecule has 2 aliphatic rings. The first kappa shape index (κ1) is 76.6. The van der Waals surface area contributed by atoms with E-state index in [9.17, 15) is 64.0 Å². The van der Waals surface area contributed by atoms with Crippen molar-refractivity contribution >= 4 is 85.7 Å². The Balaban J connectivity index is 1.34. The first-order valence-corrected chi connectivity index (χ1v) is 35.4. The topological polar surface area (TPSA) is 315 Å². The van der Waals surface area contributed by atoms with Crippen LogP contribution in [-0.2, 0) is 101 Å². The van der Waals surface area contributed by atoms with E-state index in [0.29, 0.717) is 12.3 Å². The van der Waals surface area contributed by atoms with Crippen molar-refractivity contribution in [1.29, 1.82) is 0 Å². The van der Waals surface area contributed by atoms with Crippen LogP contribution in [0.5, 0.6) is 5.75 Å². The summed E-state index contributed by atoms with van der Waals surface area (Å²) >= 11 is 6.89. The minimum atomic E-state index is -5.30. The van der Waals surface area contributed by atoms with E-state index < -0.39 is 234 Å². The van der Waals surface area contributed by atoms with Crippen molar-refractivity contribution < 1.29 is 113 Å². The smallest absolute Gasteiger partial charge is 0.481 e. The highest BCUT2D eigenvalue weighted by Crippen LogP contribution is 2.68. The molecule has 3 amide bonds. The van der Waals surface area contributed by atoms with Crippen LogP contribution in [0.3, 0.4) is 0 Å². The number of carbonyl (C=O) groups excluding carboxylic acids is 3. The maximum absolute atomic E-state index is 15.9. The number of fused-ring (bicyclic) bond motifs is 4. The zero-order valence-electron chi connectivity index (χ0n) is 54.0. The maximum Gasteiger partial charge on any atom is 0.530 e. The van der Waals surface area contributed by atoms with Gasteiger partial charge in [0.1, 0.15) is 52.7 Å². The molecule has 6 aromatic rings. The molecule has 1 fully saturated rings. The number of nitrogens with one attached hydrogen (secondary N) is 2. The normalized spacial score (nSPS) is 16.2. The molecule has 0 aliphatic heterocycles. The molecule has 1 saturated carbocycles. The highest BCUT2D eigenvalue weighted by molar-refractivity contribution is 7.93. The van der Waals surface area contributed by atoms with E-state index in [2.05, 4.69) is 37.7 Å². The van der Waals surface area contributed by atoms with Gasteiger partial charge in [0, 0.05) is 52.3 Å². The van der Waals surface area contributed by atoms with Crippen molar-refractivity contribution in [2.75, 3.05) is 16.8 Å². The van der Waals surface area contributed by atoms with Crippen LogP contribution < -0.4 is 19.5 Å². The fourth-order valence-corrected chi connectivity index (χ4v) is 14.4. The lowest BCUT2D eigenvalue weighted by Crippen LogP contribution is -2.43. The zero-order valence-corrected chi connectivity index (χ0v) is 57.3. The van der Waals surface area contributed by atoms with E-state index in [1.165, 1.54) is 73.6 Å². The van der Waals surface area contributed by atoms with E-state index in [4.69, 9.17) is 25.2 Å². The summed E-state index contributed by atoms with van der Waals surface area (Å²) in [5.41, 5.74) is -9.04. The Kier molecular flexibility index (Phi) is 21.5. The number of phosphoric ester groups is 1. The molecule has 3 aromatic carbocycles. The monoisotopic (exact) mass is 1480 g/mol. The molecule has 2 aliphatic carbocycles. The first-order chi connectivity index (χ1) is 45.4. The van der Waals surface area contributed by atoms with Gasteiger partial charge in [-0.25, -0.2) is 40.0 Å². The minimum Gasteiger partial charge on any atom is -0.481 e. The van der Waals surface area contributed by atoms with Gasteiger partial charge in [0.15, 0.2) is 21.3 Å². The van der Waals surface area contributed by atoms with E-state index >= 15 is 35.5 Å². The van der Waals surface area contributed by atoms with Gasteiger partial charge in [-0.05, 0) is 114 Å². The van der Waals surface area contributed by atoms with E-state index in [1.807, 2.05) is 0 Å². The van der Waals surface area contributed by atoms with Crippen molar-refractivity contribution in [3.05, 3.63) is 122 Å². The number of sulfone groups is 1. The number of hydrogen-bond donors (Lipinski definition) is 4. The van der Waals surface area contributed by atoms with Crippen LogP contribution >= 0.6 is 19.4 Å². The molecule has 0 radical (unpaired) electrons. The maximum atomic E-state index is 15.9. The zero-order chi connectivity index (χ0) is 74.0. The van der Waals surface area contributed by atoms with Crippen LogP contribution in [0.15, 0.2) is 60.7 Å². The van der Waals surface area contributed by atoms with Gasteiger partial charge >= 0.3 is 32.1 Å². The summed E-state index contributed by atoms with van der Waals surface area (Å²) in [6.45, 7) is 7.30. The highest BCUT2D eigenvalue weighted by Gasteiger charge is 2.68. The van der Waals surface area contributed by atoms with Crippen molar-refractivity contribution in [2.24, 2.45) is 5.92 Å². The van der Waals surface area contributed by atoms with Gasteiger partial charge in [-0.2, -0.15) is 49.6 Å². The van der Waals surface area contributed by atoms with Crippen molar-refractivity contribution in [3.63, 3.8) is 0 Å². The molecule has 4 N–H and O–H groups in total. The average molecular weight is 1480 g/mol. The molecular weight excluding hydrogens is 1420 g/mol. The number of pyridine rings is 1. The average Bonchev–Trinajstić information content (AvgIpc) is 1.52. The molecule has 536 valence electrons. The fraction of sp³-hybridized carbons (Fsp3) is 0.452. The molecule has 37 heteroatoms. The SMILES string of the molecule is CC(C)OP(=O)(Oc1cccc(CC(=O)N[C@@H](CC(=O)O)C(=O)O)c1C(C)(C)CC(=O)N(c1nn(CC(F)(F)F)c2c(-c3ccc(C#CC(C)(C)S(C)(=O)=O)nc3[C@H](Cc3cc(F)cc(F)c3)NC(=O)Cn3nc(C(F)(F)F)c4c3C(F)(F)[C@@H]3C[C@H]43)ccc(Cl)c12)S(C)(=O)=O)OC(C)C. The van der Waals surface area contributed by atoms with Gasteiger partial charge in [0.2, 0.25) is 27.7 Å². The lowest BCUT2D eigenvalue weighted by atomic mass is 9.77. The first-order valence-electron chi connectivity index (χ1n) is 29.8. The summed E-state index contributed by atoms with van der Waals surface area (Å²) in [4.78, 5) is 71.7. The van der Waals surface area contributed by atoms with Gasteiger partial charge in [-0.15, -0.1) is 0 Å². The van der Waals surface area contributed by atoms with Gasteiger partial charge in [-0.1, -0.05) is 49.6 Å². The summed E-state index contributed by atoms with van der Waals surface area (Å²) in [6, 6.07) is 5.97. The highest BCUT2D eigenvalue weighted by atomic mass is 35.5. The van der Waals surface area contributed by atoms with E-state index in [-0.39, 0.29) is 42.5 Å². The molecule has 0 bridgehead atoms. The predicted molar refractivity (Wildman–Crippen MR) is 335 cm³/mol. The number of phosphoric acid groups is 1. The molecule has 0 spiro atoms. The number of aromatic nitrogens is 5. The number of anilines is 1. The molecule has 23 nitrogen and oxygen atoms in total. The van der Waals surface area contributed by atoms with Gasteiger partial charge in [-0.3, -0.25) is 37.6 Å². The molecule has 4 atom stereocenters. The van der Waals surface area contributed by atoms with Crippen LogP contribution in [0.4, 0.5) is 49.7 Å². The van der Waals surface area contributed by atoms with Crippen molar-refractivity contribution in [2.45, 2.75) is 159 Å². The second-order valence-corrected chi connectivity index (χ2v) is 31.7. The van der Waals surface area contributed by atoms with Crippen molar-refractivity contribution in [1.82, 2.24) is 35.2 Å². The summed E-state index contributed by atoms with van der Waals surface area (Å²) in [5, 5.41) is 29.7. The van der Waals surface area contributed by atoms with Crippen molar-refractivity contribution in [3.8, 4) is 28.7 Å². The van der Waals surface area contributed by atoms with Crippen LogP contribution in [0.1, 0.15) is 132 Å². The lowest BCUT2D eigenvalue weighted by Gasteiger charge is -2.32. The molecule has 3 heterocycles. The number of sulfonamides is 1. The number of benzene rings is 3. The fourth-order valence-electron chi connectivity index (χ4n) is 11.5. The molecular formula is C62H64ClF10N8O15PS2. The standard InChI is InChI=1S/C62H64ClF10N8O15PS2/c1-30(2)94-97(89,95-31(3)4)96-44-13-11-12-33(23-45(82)76-43(57(87)88)26-48(85)86)51(44)58(5,6)27-47(84)81(99(10,92)93)56-50-41(63)17-16-38(53(50)80(78-56)29-60(66,67)68)37-15-14-36(18-19-59(7,8)98(9,90)91)74-52(37)42(22-32-20-34(64)24-35(65)21-32)75-46(83)28-79-55-49(54(77-79)62(71,72)73)39-25-40(39)61(55,69)70/h11-17,20-21,24,30-31,39-40,42-43H,22-23,25-29H2,1-10H3,(H,75,83)(H,76,82)(H,85,86)(H,87,88)/t39-,40+,42-,43-/m0/s1. The predicted octanol–water partition coefficient (Wildman–Crippen LogP) is 10.9. The quantitative estimate of drug-likeness (QED) is 0.0223. The number of carboxylic acid groups (broad SMARTS) is 2. The molecule has 0 saturated heterocycles. The van der Waals surface area contributed by atoms with Gasteiger partial charge < -0.3 is 25.4 Å². The molecule has 3 aromatic heterocycles. The van der Waals surface area contributed by atoms with E-state index in [1.54, 1.807) is 0 Å². The Morgan fingerprint density at radius 3 is 2.02 bits per heavy atom. The summed E-state index contributed by atoms with van der Waals surface area (Å²) in [6.07, 6.45) is -15.2. The number of rotatable bonds is 26. The van der Waals surface area contributed by atoms with Gasteiger partial charge in [0.05, 0.1) is 59.0 Å². The van der Waals surface area contributed by atoms with Crippen LogP contribution in [0, 0.1) is 29.4 Å². The van der Waals surface area contributed by atoms with Crippen LogP contribution in [0.25, 0.3) is 22.0 Å². The lowest BCUT2D eigenvalue weighted by molar-refractivity contribution is -0.147. The third-order valence-corrected chi connectivity index (χ3v) is 20.8. The number of carboxylic acids is 2. The third-order valence-electron chi connectivity index (χ3n) is 15.7. The Hall–Kier alpha value is -8.16. The number of aliphatic carboxylic acids is 2. The second-order valence-electron chi connectivity index (χ2n) is 25.4. The number of carbonyl (C=O) groups is 5. The number of halogens is 11. The third kappa shape index (κ3) is 17.4. The Bertz CT molecular complexity index is 4580. The second kappa shape index (κ2) is 27.8. The van der Waals surface area contributed by atoms with Crippen LogP contribution in [-0.4, -0.2) is 123 Å². The molecule has 99 heavy (non-hydrogen) atoms. The van der Waals surface area contributed by atoms with Crippen LogP contribution in [0.2, 0.25) is 5.02 Å². The molecule has 0 unspecified atom stereocenters. The molecule has 8 rings (SSSR count).